The fourth-order valence-electron chi connectivity index (χ4n) is 1.54. The zero-order valence-corrected chi connectivity index (χ0v) is 10.6. The molecule has 19 heavy (non-hydrogen) atoms. The van der Waals surface area contributed by atoms with Crippen molar-refractivity contribution < 1.29 is 22.7 Å². The smallest absolute Gasteiger partial charge is 0.380 e. The molecule has 1 unspecified atom stereocenters. The van der Waals surface area contributed by atoms with Gasteiger partial charge in [-0.15, -0.1) is 13.2 Å². The molecule has 0 spiro atoms. The van der Waals surface area contributed by atoms with Crippen LogP contribution in [0.15, 0.2) is 24.4 Å². The molecule has 0 N–H and O–H groups in total. The van der Waals surface area contributed by atoms with Crippen LogP contribution in [0.5, 0.6) is 0 Å². The van der Waals surface area contributed by atoms with Crippen LogP contribution in [0.3, 0.4) is 0 Å². The van der Waals surface area contributed by atoms with E-state index in [1.165, 1.54) is 31.3 Å². The van der Waals surface area contributed by atoms with Gasteiger partial charge in [0.25, 0.3) is 5.91 Å². The van der Waals surface area contributed by atoms with Gasteiger partial charge in [0, 0.05) is 12.8 Å². The number of carbonyl (C=O) groups is 1. The largest absolute Gasteiger partial charge is 0.487 e. The monoisotopic (exact) mass is 276 g/mol. The second kappa shape index (κ2) is 6.51. The molecule has 0 bridgehead atoms. The van der Waals surface area contributed by atoms with E-state index in [2.05, 4.69) is 4.98 Å². The van der Waals surface area contributed by atoms with Crippen molar-refractivity contribution in [3.05, 3.63) is 30.1 Å². The van der Waals surface area contributed by atoms with Crippen molar-refractivity contribution in [3.8, 4) is 0 Å². The number of hydrogen-bond donors (Lipinski definition) is 0. The predicted molar refractivity (Wildman–Crippen MR) is 62.4 cm³/mol. The van der Waals surface area contributed by atoms with Gasteiger partial charge in [-0.25, -0.2) is 4.90 Å². The Balaban J connectivity index is 2.95. The van der Waals surface area contributed by atoms with E-state index in [0.29, 0.717) is 0 Å². The standard InChI is InChI=1S/C12H15F3N2O2/c1-3-19-8-9(2)17(12(13,14)15)11(18)10-6-4-5-7-16-10/h4-7,9H,3,8H2,1-2H3. The van der Waals surface area contributed by atoms with Gasteiger partial charge in [0.15, 0.2) is 0 Å². The molecule has 0 saturated heterocycles. The van der Waals surface area contributed by atoms with Crippen LogP contribution in [0.25, 0.3) is 0 Å². The van der Waals surface area contributed by atoms with E-state index >= 15 is 0 Å². The molecular formula is C12H15F3N2O2. The third kappa shape index (κ3) is 4.20. The van der Waals surface area contributed by atoms with Gasteiger partial charge >= 0.3 is 6.30 Å². The summed E-state index contributed by atoms with van der Waals surface area (Å²) in [7, 11) is 0. The Labute approximate surface area is 109 Å². The Morgan fingerprint density at radius 2 is 2.16 bits per heavy atom. The summed E-state index contributed by atoms with van der Waals surface area (Å²) in [6.45, 7) is 3.05. The second-order valence-corrected chi connectivity index (χ2v) is 3.87. The van der Waals surface area contributed by atoms with E-state index in [-0.39, 0.29) is 23.8 Å². The number of halogens is 3. The van der Waals surface area contributed by atoms with E-state index < -0.39 is 18.2 Å². The minimum atomic E-state index is -4.77. The van der Waals surface area contributed by atoms with Crippen molar-refractivity contribution >= 4 is 5.91 Å². The number of carbonyl (C=O) groups excluding carboxylic acids is 1. The fraction of sp³-hybridized carbons (Fsp3) is 0.500. The molecule has 0 aliphatic rings. The van der Waals surface area contributed by atoms with Crippen LogP contribution >= 0.6 is 0 Å². The van der Waals surface area contributed by atoms with Crippen molar-refractivity contribution in [3.63, 3.8) is 0 Å². The number of aromatic nitrogens is 1. The second-order valence-electron chi connectivity index (χ2n) is 3.87. The van der Waals surface area contributed by atoms with Gasteiger partial charge in [-0.2, -0.15) is 0 Å². The highest BCUT2D eigenvalue weighted by atomic mass is 19.4. The lowest BCUT2D eigenvalue weighted by atomic mass is 10.2. The average molecular weight is 276 g/mol. The zero-order valence-electron chi connectivity index (χ0n) is 10.6. The maximum absolute atomic E-state index is 13.0. The molecule has 0 aliphatic carbocycles. The molecule has 1 amide bonds. The normalized spacial score (nSPS) is 13.1. The number of amides is 1. The summed E-state index contributed by atoms with van der Waals surface area (Å²) in [5, 5.41) is 0. The van der Waals surface area contributed by atoms with Gasteiger partial charge in [-0.1, -0.05) is 6.07 Å². The number of nitrogens with zero attached hydrogens (tertiary/aromatic N) is 2. The Morgan fingerprint density at radius 3 is 2.63 bits per heavy atom. The Bertz CT molecular complexity index is 409. The summed E-state index contributed by atoms with van der Waals surface area (Å²) in [5.41, 5.74) is -0.247. The number of pyridine rings is 1. The third-order valence-corrected chi connectivity index (χ3v) is 2.38. The summed E-state index contributed by atoms with van der Waals surface area (Å²) in [6.07, 6.45) is -3.50. The first-order valence-corrected chi connectivity index (χ1v) is 5.77. The highest BCUT2D eigenvalue weighted by Gasteiger charge is 2.44. The van der Waals surface area contributed by atoms with Gasteiger partial charge in [-0.3, -0.25) is 9.78 Å². The Kier molecular flexibility index (Phi) is 5.29. The highest BCUT2D eigenvalue weighted by molar-refractivity contribution is 5.92. The molecule has 1 aromatic rings. The van der Waals surface area contributed by atoms with E-state index in [9.17, 15) is 18.0 Å². The van der Waals surface area contributed by atoms with Crippen molar-refractivity contribution in [1.82, 2.24) is 9.88 Å². The van der Waals surface area contributed by atoms with Crippen LogP contribution in [0, 0.1) is 0 Å². The van der Waals surface area contributed by atoms with Gasteiger partial charge < -0.3 is 4.74 Å². The lowest BCUT2D eigenvalue weighted by molar-refractivity contribution is -0.238. The van der Waals surface area contributed by atoms with Crippen LogP contribution in [-0.4, -0.2) is 41.3 Å². The van der Waals surface area contributed by atoms with Crippen LogP contribution in [0.1, 0.15) is 24.3 Å². The number of rotatable bonds is 5. The molecule has 4 nitrogen and oxygen atoms in total. The average Bonchev–Trinajstić information content (AvgIpc) is 2.35. The molecule has 0 aliphatic heterocycles. The summed E-state index contributed by atoms with van der Waals surface area (Å²) in [6, 6.07) is 3.11. The van der Waals surface area contributed by atoms with Crippen molar-refractivity contribution in [2.45, 2.75) is 26.2 Å². The van der Waals surface area contributed by atoms with Crippen LogP contribution in [0.4, 0.5) is 13.2 Å². The lowest BCUT2D eigenvalue weighted by Crippen LogP contribution is -2.50. The topological polar surface area (TPSA) is 42.4 Å². The quantitative estimate of drug-likeness (QED) is 0.776. The van der Waals surface area contributed by atoms with E-state index in [0.717, 1.165) is 0 Å². The molecule has 1 heterocycles. The summed E-state index contributed by atoms with van der Waals surface area (Å²) < 4.78 is 43.8. The predicted octanol–water partition coefficient (Wildman–Crippen LogP) is 2.47. The van der Waals surface area contributed by atoms with Crippen molar-refractivity contribution in [1.29, 1.82) is 0 Å². The highest BCUT2D eigenvalue weighted by Crippen LogP contribution is 2.25. The van der Waals surface area contributed by atoms with E-state index in [1.54, 1.807) is 6.92 Å². The molecule has 0 aromatic carbocycles. The summed E-state index contributed by atoms with van der Waals surface area (Å²) in [4.78, 5) is 15.4. The van der Waals surface area contributed by atoms with Gasteiger partial charge in [-0.05, 0) is 26.0 Å². The number of alkyl halides is 3. The maximum atomic E-state index is 13.0. The van der Waals surface area contributed by atoms with Crippen molar-refractivity contribution in [2.75, 3.05) is 13.2 Å². The van der Waals surface area contributed by atoms with E-state index in [4.69, 9.17) is 4.74 Å². The lowest BCUT2D eigenvalue weighted by Gasteiger charge is -2.30. The zero-order chi connectivity index (χ0) is 14.5. The molecule has 1 atom stereocenters. The first-order valence-electron chi connectivity index (χ1n) is 5.77. The van der Waals surface area contributed by atoms with Crippen LogP contribution in [0.2, 0.25) is 0 Å². The molecular weight excluding hydrogens is 261 g/mol. The number of ether oxygens (including phenoxy) is 1. The SMILES string of the molecule is CCOCC(C)N(C(=O)c1ccccn1)C(F)(F)F. The van der Waals surface area contributed by atoms with Gasteiger partial charge in [0.1, 0.15) is 5.69 Å². The van der Waals surface area contributed by atoms with Gasteiger partial charge in [0.2, 0.25) is 0 Å². The summed E-state index contributed by atoms with van der Waals surface area (Å²) >= 11 is 0. The fourth-order valence-corrected chi connectivity index (χ4v) is 1.54. The first-order chi connectivity index (χ1) is 8.88. The van der Waals surface area contributed by atoms with Gasteiger partial charge in [0.05, 0.1) is 12.6 Å². The van der Waals surface area contributed by atoms with Crippen molar-refractivity contribution in [2.24, 2.45) is 0 Å². The molecule has 0 fully saturated rings. The minimum absolute atomic E-state index is 0.162. The first kappa shape index (κ1) is 15.4. The maximum Gasteiger partial charge on any atom is 0.487 e. The minimum Gasteiger partial charge on any atom is -0.380 e. The molecule has 0 saturated carbocycles. The summed E-state index contributed by atoms with van der Waals surface area (Å²) in [5.74, 6) is -1.18. The Hall–Kier alpha value is -1.63. The molecule has 7 heteroatoms. The van der Waals surface area contributed by atoms with Crippen LogP contribution in [-0.2, 0) is 4.74 Å². The Morgan fingerprint density at radius 1 is 1.47 bits per heavy atom. The molecule has 106 valence electrons. The third-order valence-electron chi connectivity index (χ3n) is 2.38. The van der Waals surface area contributed by atoms with E-state index in [1.807, 2.05) is 0 Å². The number of hydrogen-bond acceptors (Lipinski definition) is 3. The van der Waals surface area contributed by atoms with Crippen LogP contribution < -0.4 is 0 Å². The molecule has 0 radical (unpaired) electrons. The molecule has 1 aromatic heterocycles. The molecule has 1 rings (SSSR count).